The Hall–Kier alpha value is -1.31. The summed E-state index contributed by atoms with van der Waals surface area (Å²) in [5.41, 5.74) is -0.906. The fourth-order valence-corrected chi connectivity index (χ4v) is 1.84. The summed E-state index contributed by atoms with van der Waals surface area (Å²) in [5.74, 6) is -0.566. The third kappa shape index (κ3) is 13.6. The molecule has 0 radical (unpaired) electrons. The van der Waals surface area contributed by atoms with E-state index in [9.17, 15) is 22.8 Å². The lowest BCUT2D eigenvalue weighted by atomic mass is 10.1. The van der Waals surface area contributed by atoms with Crippen molar-refractivity contribution in [1.29, 1.82) is 0 Å². The minimum atomic E-state index is -4.50. The van der Waals surface area contributed by atoms with E-state index in [1.165, 1.54) is 0 Å². The fourth-order valence-electron chi connectivity index (χ4n) is 1.84. The van der Waals surface area contributed by atoms with Gasteiger partial charge >= 0.3 is 12.1 Å². The summed E-state index contributed by atoms with van der Waals surface area (Å²) in [5, 5.41) is 2.77. The normalized spacial score (nSPS) is 12.3. The molecule has 0 heterocycles. The molecule has 0 saturated heterocycles. The quantitative estimate of drug-likeness (QED) is 0.422. The van der Waals surface area contributed by atoms with Gasteiger partial charge in [-0.25, -0.2) is 0 Å². The van der Waals surface area contributed by atoms with Crippen LogP contribution in [0.2, 0.25) is 0 Å². The highest BCUT2D eigenvalue weighted by Crippen LogP contribution is 2.15. The Bertz CT molecular complexity index is 409. The summed E-state index contributed by atoms with van der Waals surface area (Å²) < 4.78 is 45.3. The smallest absolute Gasteiger partial charge is 0.422 e. The first-order valence-corrected chi connectivity index (χ1v) is 8.58. The molecule has 0 saturated carbocycles. The van der Waals surface area contributed by atoms with Crippen LogP contribution >= 0.6 is 0 Å². The number of halogens is 3. The molecule has 1 amide bonds. The summed E-state index contributed by atoms with van der Waals surface area (Å²) >= 11 is 0. The van der Waals surface area contributed by atoms with Crippen molar-refractivity contribution in [3.05, 3.63) is 0 Å². The van der Waals surface area contributed by atoms with Crippen molar-refractivity contribution in [2.75, 3.05) is 19.8 Å². The van der Waals surface area contributed by atoms with Crippen LogP contribution in [0, 0.1) is 5.92 Å². The van der Waals surface area contributed by atoms with E-state index in [1.807, 2.05) is 0 Å². The number of ether oxygens (including phenoxy) is 2. The van der Waals surface area contributed by atoms with Crippen molar-refractivity contribution < 1.29 is 32.2 Å². The number of esters is 1. The summed E-state index contributed by atoms with van der Waals surface area (Å²) in [4.78, 5) is 23.1. The number of amides is 1. The van der Waals surface area contributed by atoms with Gasteiger partial charge in [-0.15, -0.1) is 0 Å². The van der Waals surface area contributed by atoms with E-state index in [1.54, 1.807) is 13.8 Å². The van der Waals surface area contributed by atoms with E-state index in [0.29, 0.717) is 38.3 Å². The first kappa shape index (κ1) is 23.7. The van der Waals surface area contributed by atoms with Gasteiger partial charge in [0.25, 0.3) is 5.91 Å². The second-order valence-corrected chi connectivity index (χ2v) is 6.88. The highest BCUT2D eigenvalue weighted by Gasteiger charge is 2.29. The molecule has 0 aliphatic heterocycles. The van der Waals surface area contributed by atoms with Crippen LogP contribution in [0.4, 0.5) is 13.2 Å². The van der Waals surface area contributed by atoms with Gasteiger partial charge < -0.3 is 14.8 Å². The van der Waals surface area contributed by atoms with Crippen LogP contribution in [0.15, 0.2) is 0 Å². The van der Waals surface area contributed by atoms with Crippen molar-refractivity contribution in [3.63, 3.8) is 0 Å². The van der Waals surface area contributed by atoms with Crippen molar-refractivity contribution in [3.8, 4) is 0 Å². The van der Waals surface area contributed by atoms with E-state index in [-0.39, 0.29) is 12.3 Å². The molecule has 25 heavy (non-hydrogen) atoms. The molecule has 8 heteroatoms. The summed E-state index contributed by atoms with van der Waals surface area (Å²) in [6, 6.07) is 0. The van der Waals surface area contributed by atoms with Gasteiger partial charge in [0.2, 0.25) is 0 Å². The topological polar surface area (TPSA) is 64.6 Å². The zero-order chi connectivity index (χ0) is 19.5. The average Bonchev–Trinajstić information content (AvgIpc) is 2.47. The molecule has 0 aliphatic carbocycles. The van der Waals surface area contributed by atoms with Gasteiger partial charge in [0.1, 0.15) is 5.60 Å². The minimum absolute atomic E-state index is 0.0617. The molecule has 0 rings (SSSR count). The molecule has 0 aliphatic rings. The number of carbonyl (C=O) groups excluding carboxylic acids is 2. The Labute approximate surface area is 147 Å². The molecule has 1 N–H and O–H groups in total. The second-order valence-electron chi connectivity index (χ2n) is 6.88. The lowest BCUT2D eigenvalue weighted by Crippen LogP contribution is -2.44. The number of carbonyl (C=O) groups is 2. The molecule has 148 valence electrons. The van der Waals surface area contributed by atoms with E-state index in [4.69, 9.17) is 4.74 Å². The van der Waals surface area contributed by atoms with E-state index >= 15 is 0 Å². The first-order valence-electron chi connectivity index (χ1n) is 8.58. The van der Waals surface area contributed by atoms with Crippen LogP contribution in [-0.2, 0) is 19.1 Å². The zero-order valence-electron chi connectivity index (χ0n) is 15.5. The molecular formula is C17H30F3NO4. The lowest BCUT2D eigenvalue weighted by molar-refractivity contribution is -0.186. The Morgan fingerprint density at radius 2 is 1.72 bits per heavy atom. The van der Waals surface area contributed by atoms with Crippen molar-refractivity contribution in [2.24, 2.45) is 5.92 Å². The highest BCUT2D eigenvalue weighted by molar-refractivity contribution is 5.84. The maximum Gasteiger partial charge on any atom is 0.422 e. The SMILES string of the molecule is CC(C)CCOC(C)(C)C(=O)NCCCCCC(=O)OCC(F)(F)F. The molecule has 0 aromatic heterocycles. The van der Waals surface area contributed by atoms with Crippen LogP contribution in [0.3, 0.4) is 0 Å². The van der Waals surface area contributed by atoms with Gasteiger partial charge in [-0.1, -0.05) is 20.3 Å². The Kier molecular flexibility index (Phi) is 10.7. The predicted octanol–water partition coefficient (Wildman–Crippen LogP) is 3.61. The van der Waals surface area contributed by atoms with Gasteiger partial charge in [0.15, 0.2) is 6.61 Å². The first-order chi connectivity index (χ1) is 11.4. The number of hydrogen-bond donors (Lipinski definition) is 1. The van der Waals surface area contributed by atoms with Crippen molar-refractivity contribution >= 4 is 11.9 Å². The molecule has 0 atom stereocenters. The monoisotopic (exact) mass is 369 g/mol. The third-order valence-corrected chi connectivity index (χ3v) is 3.44. The number of nitrogens with one attached hydrogen (secondary N) is 1. The molecular weight excluding hydrogens is 339 g/mol. The highest BCUT2D eigenvalue weighted by atomic mass is 19.4. The molecule has 0 bridgehead atoms. The van der Waals surface area contributed by atoms with Crippen LogP contribution < -0.4 is 5.32 Å². The minimum Gasteiger partial charge on any atom is -0.456 e. The molecule has 0 unspecified atom stereocenters. The molecule has 0 aromatic carbocycles. The molecule has 0 spiro atoms. The Morgan fingerprint density at radius 1 is 1.08 bits per heavy atom. The second kappa shape index (κ2) is 11.3. The van der Waals surface area contributed by atoms with E-state index in [0.717, 1.165) is 6.42 Å². The van der Waals surface area contributed by atoms with E-state index in [2.05, 4.69) is 23.9 Å². The molecule has 0 aromatic rings. The largest absolute Gasteiger partial charge is 0.456 e. The van der Waals surface area contributed by atoms with Crippen molar-refractivity contribution in [1.82, 2.24) is 5.32 Å². The van der Waals surface area contributed by atoms with Gasteiger partial charge in [0, 0.05) is 19.6 Å². The Balaban J connectivity index is 3.76. The maximum absolute atomic E-state index is 12.0. The molecule has 0 fully saturated rings. The van der Waals surface area contributed by atoms with Crippen LogP contribution in [0.25, 0.3) is 0 Å². The molecule has 5 nitrogen and oxygen atoms in total. The number of rotatable bonds is 12. The van der Waals surface area contributed by atoms with E-state index < -0.39 is 24.4 Å². The van der Waals surface area contributed by atoms with Gasteiger partial charge in [-0.2, -0.15) is 13.2 Å². The zero-order valence-corrected chi connectivity index (χ0v) is 15.5. The summed E-state index contributed by atoms with van der Waals surface area (Å²) in [6.07, 6.45) is -2.03. The third-order valence-electron chi connectivity index (χ3n) is 3.44. The predicted molar refractivity (Wildman–Crippen MR) is 88.0 cm³/mol. The number of unbranched alkanes of at least 4 members (excludes halogenated alkanes) is 2. The summed E-state index contributed by atoms with van der Waals surface area (Å²) in [6.45, 7) is 6.96. The standard InChI is InChI=1S/C17H30F3NO4/c1-13(2)9-11-25-16(3,4)15(23)21-10-7-5-6-8-14(22)24-12-17(18,19)20/h13H,5-12H2,1-4H3,(H,21,23). The Morgan fingerprint density at radius 3 is 2.28 bits per heavy atom. The fraction of sp³-hybridized carbons (Fsp3) is 0.882. The van der Waals surface area contributed by atoms with Crippen molar-refractivity contribution in [2.45, 2.75) is 71.6 Å². The van der Waals surface area contributed by atoms with Crippen LogP contribution in [-0.4, -0.2) is 43.4 Å². The maximum atomic E-state index is 12.0. The van der Waals surface area contributed by atoms with Crippen LogP contribution in [0.1, 0.15) is 59.8 Å². The van der Waals surface area contributed by atoms with Crippen LogP contribution in [0.5, 0.6) is 0 Å². The number of hydrogen-bond acceptors (Lipinski definition) is 4. The summed E-state index contributed by atoms with van der Waals surface area (Å²) in [7, 11) is 0. The lowest BCUT2D eigenvalue weighted by Gasteiger charge is -2.24. The van der Waals surface area contributed by atoms with Gasteiger partial charge in [-0.05, 0) is 39.0 Å². The van der Waals surface area contributed by atoms with Gasteiger partial charge in [-0.3, -0.25) is 9.59 Å². The average molecular weight is 369 g/mol. The number of alkyl halides is 3. The van der Waals surface area contributed by atoms with Gasteiger partial charge in [0.05, 0.1) is 0 Å².